The van der Waals surface area contributed by atoms with Crippen LogP contribution >= 0.6 is 0 Å². The first-order valence-electron chi connectivity index (χ1n) is 7.93. The zero-order chi connectivity index (χ0) is 14.3. The SMILES string of the molecule is CN(c1ccccc1)C1CCCC2NC21c1ccccc1. The third-order valence-corrected chi connectivity index (χ3v) is 5.26. The minimum atomic E-state index is 0.157. The normalized spacial score (nSPS) is 30.5. The number of benzene rings is 2. The fourth-order valence-electron chi connectivity index (χ4n) is 4.15. The molecule has 3 atom stereocenters. The van der Waals surface area contributed by atoms with E-state index in [0.29, 0.717) is 12.1 Å². The maximum Gasteiger partial charge on any atom is 0.0799 e. The predicted octanol–water partition coefficient (Wildman–Crippen LogP) is 3.54. The summed E-state index contributed by atoms with van der Waals surface area (Å²) in [4.78, 5) is 2.47. The average molecular weight is 278 g/mol. The lowest BCUT2D eigenvalue weighted by Crippen LogP contribution is -2.46. The first kappa shape index (κ1) is 12.9. The van der Waals surface area contributed by atoms with Gasteiger partial charge in [0.2, 0.25) is 0 Å². The van der Waals surface area contributed by atoms with Gasteiger partial charge in [-0.25, -0.2) is 0 Å². The highest BCUT2D eigenvalue weighted by Crippen LogP contribution is 2.50. The van der Waals surface area contributed by atoms with Crippen molar-refractivity contribution < 1.29 is 0 Å². The smallest absolute Gasteiger partial charge is 0.0799 e. The Hall–Kier alpha value is -1.80. The Bertz CT molecular complexity index is 610. The number of nitrogens with zero attached hydrogens (tertiary/aromatic N) is 1. The maximum absolute atomic E-state index is 3.82. The monoisotopic (exact) mass is 278 g/mol. The van der Waals surface area contributed by atoms with Gasteiger partial charge in [0, 0.05) is 18.8 Å². The minimum absolute atomic E-state index is 0.157. The lowest BCUT2D eigenvalue weighted by Gasteiger charge is -2.39. The third-order valence-electron chi connectivity index (χ3n) is 5.26. The maximum atomic E-state index is 3.82. The molecule has 21 heavy (non-hydrogen) atoms. The van der Waals surface area contributed by atoms with Gasteiger partial charge in [0.05, 0.1) is 11.6 Å². The van der Waals surface area contributed by atoms with Crippen molar-refractivity contribution in [2.24, 2.45) is 0 Å². The van der Waals surface area contributed by atoms with Gasteiger partial charge in [-0.2, -0.15) is 0 Å². The summed E-state index contributed by atoms with van der Waals surface area (Å²) >= 11 is 0. The molecular weight excluding hydrogens is 256 g/mol. The van der Waals surface area contributed by atoms with Crippen LogP contribution < -0.4 is 10.2 Å². The van der Waals surface area contributed by atoms with Crippen molar-refractivity contribution in [1.82, 2.24) is 5.32 Å². The highest BCUT2D eigenvalue weighted by atomic mass is 15.3. The summed E-state index contributed by atoms with van der Waals surface area (Å²) in [6.07, 6.45) is 3.87. The molecule has 108 valence electrons. The molecule has 1 heterocycles. The number of hydrogen-bond donors (Lipinski definition) is 1. The van der Waals surface area contributed by atoms with Gasteiger partial charge in [-0.3, -0.25) is 5.32 Å². The van der Waals surface area contributed by atoms with Gasteiger partial charge < -0.3 is 4.90 Å². The Morgan fingerprint density at radius 2 is 1.62 bits per heavy atom. The van der Waals surface area contributed by atoms with Gasteiger partial charge >= 0.3 is 0 Å². The van der Waals surface area contributed by atoms with E-state index in [4.69, 9.17) is 0 Å². The quantitative estimate of drug-likeness (QED) is 0.869. The van der Waals surface area contributed by atoms with Crippen molar-refractivity contribution in [3.8, 4) is 0 Å². The van der Waals surface area contributed by atoms with E-state index in [0.717, 1.165) is 0 Å². The topological polar surface area (TPSA) is 25.2 Å². The lowest BCUT2D eigenvalue weighted by molar-refractivity contribution is 0.385. The molecular formula is C19H22N2. The third kappa shape index (κ3) is 1.97. The first-order valence-corrected chi connectivity index (χ1v) is 7.93. The van der Waals surface area contributed by atoms with Crippen LogP contribution in [0, 0.1) is 0 Å². The highest BCUT2D eigenvalue weighted by Gasteiger charge is 2.62. The Kier molecular flexibility index (Phi) is 3.00. The summed E-state index contributed by atoms with van der Waals surface area (Å²) in [5.74, 6) is 0. The van der Waals surface area contributed by atoms with Crippen molar-refractivity contribution in [3.63, 3.8) is 0 Å². The van der Waals surface area contributed by atoms with Crippen LogP contribution in [0.4, 0.5) is 5.69 Å². The second kappa shape index (κ2) is 4.88. The van der Waals surface area contributed by atoms with E-state index in [9.17, 15) is 0 Å². The molecule has 2 aromatic rings. The second-order valence-electron chi connectivity index (χ2n) is 6.33. The van der Waals surface area contributed by atoms with Crippen molar-refractivity contribution in [2.75, 3.05) is 11.9 Å². The van der Waals surface area contributed by atoms with Gasteiger partial charge in [-0.1, -0.05) is 48.5 Å². The summed E-state index contributed by atoms with van der Waals surface area (Å²) in [7, 11) is 2.24. The van der Waals surface area contributed by atoms with Crippen LogP contribution in [0.15, 0.2) is 60.7 Å². The number of rotatable bonds is 3. The standard InChI is InChI=1S/C19H22N2/c1-21(16-11-6-3-7-12-16)18-14-8-13-17-19(18,20-17)15-9-4-2-5-10-15/h2-7,9-12,17-18,20H,8,13-14H2,1H3. The van der Waals surface area contributed by atoms with Crippen LogP contribution in [0.25, 0.3) is 0 Å². The molecule has 0 amide bonds. The molecule has 2 aliphatic rings. The molecule has 0 radical (unpaired) electrons. The molecule has 4 rings (SSSR count). The summed E-state index contributed by atoms with van der Waals surface area (Å²) < 4.78 is 0. The fraction of sp³-hybridized carbons (Fsp3) is 0.368. The van der Waals surface area contributed by atoms with E-state index in [1.54, 1.807) is 0 Å². The summed E-state index contributed by atoms with van der Waals surface area (Å²) in [5, 5.41) is 3.82. The van der Waals surface area contributed by atoms with Gasteiger partial charge in [-0.15, -0.1) is 0 Å². The van der Waals surface area contributed by atoms with Crippen molar-refractivity contribution in [1.29, 1.82) is 0 Å². The molecule has 2 heteroatoms. The summed E-state index contributed by atoms with van der Waals surface area (Å²) in [6, 6.07) is 22.9. The number of anilines is 1. The molecule has 0 aromatic heterocycles. The largest absolute Gasteiger partial charge is 0.369 e. The Morgan fingerprint density at radius 1 is 0.952 bits per heavy atom. The summed E-state index contributed by atoms with van der Waals surface area (Å²) in [5.41, 5.74) is 2.92. The number of para-hydroxylation sites is 1. The minimum Gasteiger partial charge on any atom is -0.369 e. The van der Waals surface area contributed by atoms with E-state index in [1.807, 2.05) is 0 Å². The molecule has 0 bridgehead atoms. The van der Waals surface area contributed by atoms with Gasteiger partial charge in [0.1, 0.15) is 0 Å². The Balaban J connectivity index is 1.70. The highest BCUT2D eigenvalue weighted by molar-refractivity contribution is 5.51. The Morgan fingerprint density at radius 3 is 2.33 bits per heavy atom. The zero-order valence-corrected chi connectivity index (χ0v) is 12.5. The van der Waals surface area contributed by atoms with Crippen LogP contribution in [-0.2, 0) is 5.54 Å². The van der Waals surface area contributed by atoms with E-state index in [2.05, 4.69) is 77.9 Å². The molecule has 2 nitrogen and oxygen atoms in total. The summed E-state index contributed by atoms with van der Waals surface area (Å²) in [6.45, 7) is 0. The van der Waals surface area contributed by atoms with Crippen LogP contribution in [0.5, 0.6) is 0 Å². The molecule has 0 spiro atoms. The number of hydrogen-bond acceptors (Lipinski definition) is 2. The molecule has 1 aliphatic heterocycles. The van der Waals surface area contributed by atoms with Crippen molar-refractivity contribution >= 4 is 5.69 Å². The van der Waals surface area contributed by atoms with Crippen LogP contribution in [0.2, 0.25) is 0 Å². The van der Waals surface area contributed by atoms with E-state index in [-0.39, 0.29) is 5.54 Å². The molecule has 1 saturated heterocycles. The van der Waals surface area contributed by atoms with E-state index < -0.39 is 0 Å². The zero-order valence-electron chi connectivity index (χ0n) is 12.5. The fourth-order valence-corrected chi connectivity index (χ4v) is 4.15. The average Bonchev–Trinajstić information content (AvgIpc) is 3.31. The Labute approximate surface area is 126 Å². The molecule has 1 saturated carbocycles. The number of nitrogens with one attached hydrogen (secondary N) is 1. The molecule has 1 N–H and O–H groups in total. The lowest BCUT2D eigenvalue weighted by atomic mass is 9.78. The number of likely N-dealkylation sites (N-methyl/N-ethyl adjacent to an activating group) is 1. The number of fused-ring (bicyclic) bond motifs is 1. The van der Waals surface area contributed by atoms with Gasteiger partial charge in [0.15, 0.2) is 0 Å². The molecule has 2 fully saturated rings. The molecule has 3 unspecified atom stereocenters. The van der Waals surface area contributed by atoms with Gasteiger partial charge in [0.25, 0.3) is 0 Å². The molecule has 1 aliphatic carbocycles. The van der Waals surface area contributed by atoms with Crippen LogP contribution in [0.1, 0.15) is 24.8 Å². The molecule has 2 aromatic carbocycles. The predicted molar refractivity (Wildman–Crippen MR) is 87.5 cm³/mol. The van der Waals surface area contributed by atoms with Crippen molar-refractivity contribution in [3.05, 3.63) is 66.2 Å². The van der Waals surface area contributed by atoms with E-state index in [1.165, 1.54) is 30.5 Å². The van der Waals surface area contributed by atoms with Crippen LogP contribution in [0.3, 0.4) is 0 Å². The van der Waals surface area contributed by atoms with Gasteiger partial charge in [-0.05, 0) is 37.0 Å². The van der Waals surface area contributed by atoms with E-state index >= 15 is 0 Å². The second-order valence-corrected chi connectivity index (χ2v) is 6.33. The van der Waals surface area contributed by atoms with Crippen LogP contribution in [-0.4, -0.2) is 19.1 Å². The first-order chi connectivity index (χ1) is 10.3. The van der Waals surface area contributed by atoms with Crippen molar-refractivity contribution in [2.45, 2.75) is 36.9 Å².